The molecule has 1 fully saturated rings. The highest BCUT2D eigenvalue weighted by atomic mass is 35.5. The van der Waals surface area contributed by atoms with Crippen LogP contribution in [-0.4, -0.2) is 48.8 Å². The molecule has 0 bridgehead atoms. The van der Waals surface area contributed by atoms with Crippen molar-refractivity contribution >= 4 is 52.2 Å². The minimum Gasteiger partial charge on any atom is -0.497 e. The number of amides is 3. The lowest BCUT2D eigenvalue weighted by Crippen LogP contribution is -2.36. The van der Waals surface area contributed by atoms with Crippen LogP contribution in [0.15, 0.2) is 41.3 Å². The van der Waals surface area contributed by atoms with E-state index in [1.54, 1.807) is 43.5 Å². The van der Waals surface area contributed by atoms with E-state index in [1.807, 2.05) is 13.8 Å². The number of imide groups is 1. The van der Waals surface area contributed by atoms with E-state index in [9.17, 15) is 14.4 Å². The number of ether oxygens (including phenoxy) is 3. The van der Waals surface area contributed by atoms with Crippen molar-refractivity contribution in [1.29, 1.82) is 0 Å². The third kappa shape index (κ3) is 6.00. The number of halogens is 1. The van der Waals surface area contributed by atoms with Gasteiger partial charge in [-0.1, -0.05) is 11.6 Å². The molecule has 10 heteroatoms. The van der Waals surface area contributed by atoms with E-state index in [0.29, 0.717) is 46.7 Å². The fraction of sp³-hybridized carbons (Fsp3) is 0.261. The molecular formula is C23H23ClN2O6S. The second-order valence-electron chi connectivity index (χ2n) is 6.74. The Balaban J connectivity index is 1.74. The van der Waals surface area contributed by atoms with Gasteiger partial charge in [0, 0.05) is 5.69 Å². The van der Waals surface area contributed by atoms with Gasteiger partial charge in [0.15, 0.2) is 11.5 Å². The molecule has 33 heavy (non-hydrogen) atoms. The number of nitrogens with zero attached hydrogens (tertiary/aromatic N) is 1. The number of nitrogens with one attached hydrogen (secondary N) is 1. The predicted molar refractivity (Wildman–Crippen MR) is 128 cm³/mol. The second-order valence-corrected chi connectivity index (χ2v) is 8.14. The normalized spacial score (nSPS) is 14.5. The van der Waals surface area contributed by atoms with Gasteiger partial charge in [-0.25, -0.2) is 0 Å². The van der Waals surface area contributed by atoms with Crippen LogP contribution in [0.25, 0.3) is 6.08 Å². The van der Waals surface area contributed by atoms with Crippen LogP contribution in [0.4, 0.5) is 10.5 Å². The van der Waals surface area contributed by atoms with Crippen molar-refractivity contribution in [2.75, 3.05) is 32.2 Å². The van der Waals surface area contributed by atoms with Gasteiger partial charge in [0.25, 0.3) is 11.1 Å². The topological polar surface area (TPSA) is 94.2 Å². The Morgan fingerprint density at radius 3 is 2.45 bits per heavy atom. The molecular weight excluding hydrogens is 468 g/mol. The fourth-order valence-electron chi connectivity index (χ4n) is 3.02. The predicted octanol–water partition coefficient (Wildman–Crippen LogP) is 4.82. The summed E-state index contributed by atoms with van der Waals surface area (Å²) in [5, 5.41) is 2.45. The average Bonchev–Trinajstić information content (AvgIpc) is 3.04. The number of carbonyl (C=O) groups is 3. The van der Waals surface area contributed by atoms with Crippen LogP contribution in [0, 0.1) is 0 Å². The molecule has 2 aromatic carbocycles. The molecule has 0 atom stereocenters. The molecule has 174 valence electrons. The summed E-state index contributed by atoms with van der Waals surface area (Å²) < 4.78 is 16.2. The molecule has 1 N–H and O–H groups in total. The summed E-state index contributed by atoms with van der Waals surface area (Å²) in [5.74, 6) is 0.452. The largest absolute Gasteiger partial charge is 0.497 e. The standard InChI is InChI=1S/C23H23ClN2O6S/c1-4-31-18-11-14(10-17(24)21(18)32-5-2)12-19-22(28)26(23(29)33-19)13-20(27)25-15-6-8-16(30-3)9-7-15/h6-12H,4-5,13H2,1-3H3,(H,25,27)/b19-12+. The lowest BCUT2D eigenvalue weighted by Gasteiger charge is -2.14. The van der Waals surface area contributed by atoms with Gasteiger partial charge in [-0.3, -0.25) is 19.3 Å². The second kappa shape index (κ2) is 11.1. The van der Waals surface area contributed by atoms with Gasteiger partial charge in [-0.2, -0.15) is 0 Å². The molecule has 0 aromatic heterocycles. The van der Waals surface area contributed by atoms with E-state index in [-0.39, 0.29) is 4.91 Å². The summed E-state index contributed by atoms with van der Waals surface area (Å²) in [6.45, 7) is 4.08. The number of benzene rings is 2. The third-order valence-corrected chi connectivity index (χ3v) is 5.66. The summed E-state index contributed by atoms with van der Waals surface area (Å²) in [6, 6.07) is 10.0. The molecule has 2 aromatic rings. The van der Waals surface area contributed by atoms with Gasteiger partial charge in [-0.05, 0) is 73.6 Å². The quantitative estimate of drug-likeness (QED) is 0.503. The van der Waals surface area contributed by atoms with Gasteiger partial charge in [0.2, 0.25) is 5.91 Å². The Morgan fingerprint density at radius 1 is 1.12 bits per heavy atom. The molecule has 8 nitrogen and oxygen atoms in total. The van der Waals surface area contributed by atoms with E-state index in [2.05, 4.69) is 5.32 Å². The number of thioether (sulfide) groups is 1. The van der Waals surface area contributed by atoms with Crippen LogP contribution in [0.5, 0.6) is 17.2 Å². The Morgan fingerprint density at radius 2 is 1.82 bits per heavy atom. The third-order valence-electron chi connectivity index (χ3n) is 4.47. The molecule has 0 radical (unpaired) electrons. The zero-order valence-electron chi connectivity index (χ0n) is 18.3. The summed E-state index contributed by atoms with van der Waals surface area (Å²) in [6.07, 6.45) is 1.54. The Kier molecular flexibility index (Phi) is 8.24. The van der Waals surface area contributed by atoms with E-state index in [4.69, 9.17) is 25.8 Å². The number of methoxy groups -OCH3 is 1. The highest BCUT2D eigenvalue weighted by Crippen LogP contribution is 2.39. The molecule has 0 saturated carbocycles. The Bertz CT molecular complexity index is 1090. The van der Waals surface area contributed by atoms with Gasteiger partial charge >= 0.3 is 0 Å². The molecule has 0 spiro atoms. The van der Waals surface area contributed by atoms with Gasteiger partial charge < -0.3 is 19.5 Å². The van der Waals surface area contributed by atoms with Crippen LogP contribution in [0.2, 0.25) is 5.02 Å². The number of hydrogen-bond acceptors (Lipinski definition) is 7. The maximum Gasteiger partial charge on any atom is 0.294 e. The summed E-state index contributed by atoms with van der Waals surface area (Å²) in [4.78, 5) is 38.6. The monoisotopic (exact) mass is 490 g/mol. The fourth-order valence-corrected chi connectivity index (χ4v) is 4.14. The van der Waals surface area contributed by atoms with E-state index >= 15 is 0 Å². The van der Waals surface area contributed by atoms with Crippen molar-refractivity contribution in [3.05, 3.63) is 51.9 Å². The van der Waals surface area contributed by atoms with E-state index in [1.165, 1.54) is 6.08 Å². The van der Waals surface area contributed by atoms with Gasteiger partial charge in [0.1, 0.15) is 12.3 Å². The Labute approximate surface area is 200 Å². The van der Waals surface area contributed by atoms with Crippen LogP contribution in [0.1, 0.15) is 19.4 Å². The van der Waals surface area contributed by atoms with Crippen molar-refractivity contribution in [1.82, 2.24) is 4.90 Å². The Hall–Kier alpha value is -3.17. The number of anilines is 1. The van der Waals surface area contributed by atoms with Crippen molar-refractivity contribution in [3.63, 3.8) is 0 Å². The van der Waals surface area contributed by atoms with Crippen LogP contribution in [-0.2, 0) is 9.59 Å². The number of hydrogen-bond donors (Lipinski definition) is 1. The molecule has 1 aliphatic rings. The lowest BCUT2D eigenvalue weighted by atomic mass is 10.1. The SMILES string of the molecule is CCOc1cc(/C=C2/SC(=O)N(CC(=O)Nc3ccc(OC)cc3)C2=O)cc(Cl)c1OCC. The van der Waals surface area contributed by atoms with Gasteiger partial charge in [0.05, 0.1) is 30.3 Å². The minimum atomic E-state index is -0.558. The van der Waals surface area contributed by atoms with E-state index < -0.39 is 23.6 Å². The summed E-state index contributed by atoms with van der Waals surface area (Å²) in [5.41, 5.74) is 1.09. The van der Waals surface area contributed by atoms with Gasteiger partial charge in [-0.15, -0.1) is 0 Å². The zero-order valence-corrected chi connectivity index (χ0v) is 19.9. The maximum atomic E-state index is 12.8. The first-order valence-corrected chi connectivity index (χ1v) is 11.3. The molecule has 1 saturated heterocycles. The first-order chi connectivity index (χ1) is 15.9. The van der Waals surface area contributed by atoms with Crippen molar-refractivity contribution in [3.8, 4) is 17.2 Å². The smallest absolute Gasteiger partial charge is 0.294 e. The minimum absolute atomic E-state index is 0.180. The highest BCUT2D eigenvalue weighted by molar-refractivity contribution is 8.18. The molecule has 1 aliphatic heterocycles. The van der Waals surface area contributed by atoms with Crippen molar-refractivity contribution in [2.24, 2.45) is 0 Å². The average molecular weight is 491 g/mol. The number of carbonyl (C=O) groups excluding carboxylic acids is 3. The van der Waals surface area contributed by atoms with E-state index in [0.717, 1.165) is 16.7 Å². The van der Waals surface area contributed by atoms with Crippen LogP contribution >= 0.6 is 23.4 Å². The zero-order chi connectivity index (χ0) is 24.0. The first kappa shape index (κ1) is 24.5. The maximum absolute atomic E-state index is 12.8. The molecule has 0 unspecified atom stereocenters. The summed E-state index contributed by atoms with van der Waals surface area (Å²) >= 11 is 7.09. The highest BCUT2D eigenvalue weighted by Gasteiger charge is 2.36. The van der Waals surface area contributed by atoms with Crippen molar-refractivity contribution < 1.29 is 28.6 Å². The lowest BCUT2D eigenvalue weighted by molar-refractivity contribution is -0.127. The molecule has 3 amide bonds. The molecule has 1 heterocycles. The molecule has 3 rings (SSSR count). The van der Waals surface area contributed by atoms with Crippen LogP contribution in [0.3, 0.4) is 0 Å². The first-order valence-electron chi connectivity index (χ1n) is 10.1. The number of rotatable bonds is 9. The molecule has 0 aliphatic carbocycles. The van der Waals surface area contributed by atoms with Crippen molar-refractivity contribution in [2.45, 2.75) is 13.8 Å². The van der Waals surface area contributed by atoms with Crippen LogP contribution < -0.4 is 19.5 Å². The summed E-state index contributed by atoms with van der Waals surface area (Å²) in [7, 11) is 1.54.